The van der Waals surface area contributed by atoms with Gasteiger partial charge in [0.1, 0.15) is 11.7 Å². The number of hydrogen-bond donors (Lipinski definition) is 1. The van der Waals surface area contributed by atoms with Gasteiger partial charge in [-0.3, -0.25) is 4.57 Å². The number of aromatic nitrogens is 6. The van der Waals surface area contributed by atoms with Crippen LogP contribution in [0.1, 0.15) is 41.6 Å². The molecule has 3 heterocycles. The molecular formula is C30H29F3N9O3+. The van der Waals surface area contributed by atoms with Crippen molar-refractivity contribution in [3.8, 4) is 28.8 Å². The minimum atomic E-state index is -4.66. The maximum absolute atomic E-state index is 14.0. The number of hydrogen-bond acceptors (Lipinski definition) is 7. The van der Waals surface area contributed by atoms with Gasteiger partial charge < -0.3 is 14.2 Å². The van der Waals surface area contributed by atoms with Gasteiger partial charge in [0.25, 0.3) is 5.89 Å². The van der Waals surface area contributed by atoms with Crippen molar-refractivity contribution in [1.29, 1.82) is 5.26 Å². The van der Waals surface area contributed by atoms with E-state index in [9.17, 15) is 28.0 Å². The number of benzene rings is 2. The third kappa shape index (κ3) is 6.27. The average Bonchev–Trinajstić information content (AvgIpc) is 3.69. The lowest BCUT2D eigenvalue weighted by atomic mass is 10.2. The molecule has 5 rings (SSSR count). The van der Waals surface area contributed by atoms with Crippen LogP contribution in [-0.2, 0) is 12.7 Å². The van der Waals surface area contributed by atoms with Gasteiger partial charge in [0.15, 0.2) is 6.54 Å². The SMILES string of the molecule is Cc1c(-c2ccnn2-c2ccc(C#N)cc2)n(C(=O)N[C@@H](C)c2nnc(C[N+](C)(C)C)o2)c(=O)n1-c1cccc(C(F)(F)F)c1. The van der Waals surface area contributed by atoms with E-state index in [-0.39, 0.29) is 23.0 Å². The number of rotatable bonds is 7. The molecular weight excluding hydrogens is 591 g/mol. The molecule has 0 aliphatic rings. The zero-order chi connectivity index (χ0) is 32.7. The molecule has 3 aromatic heterocycles. The van der Waals surface area contributed by atoms with Crippen LogP contribution < -0.4 is 11.0 Å². The Labute approximate surface area is 255 Å². The highest BCUT2D eigenvalue weighted by Crippen LogP contribution is 2.32. The van der Waals surface area contributed by atoms with Gasteiger partial charge in [-0.2, -0.15) is 23.5 Å². The third-order valence-electron chi connectivity index (χ3n) is 6.85. The average molecular weight is 621 g/mol. The first-order chi connectivity index (χ1) is 21.2. The number of carbonyl (C=O) groups is 1. The Morgan fingerprint density at radius 1 is 1.09 bits per heavy atom. The Bertz CT molecular complexity index is 1970. The number of alkyl halides is 3. The Morgan fingerprint density at radius 3 is 2.44 bits per heavy atom. The molecule has 15 heteroatoms. The number of amides is 1. The van der Waals surface area contributed by atoms with E-state index in [0.717, 1.165) is 21.3 Å². The van der Waals surface area contributed by atoms with Crippen LogP contribution in [0.4, 0.5) is 18.0 Å². The highest BCUT2D eigenvalue weighted by molar-refractivity contribution is 5.83. The lowest BCUT2D eigenvalue weighted by molar-refractivity contribution is -0.885. The number of imidazole rings is 1. The first-order valence-electron chi connectivity index (χ1n) is 13.7. The normalized spacial score (nSPS) is 12.6. The monoisotopic (exact) mass is 620 g/mol. The number of nitrogens with one attached hydrogen (secondary N) is 1. The van der Waals surface area contributed by atoms with Crippen LogP contribution in [0, 0.1) is 18.3 Å². The molecule has 0 saturated heterocycles. The summed E-state index contributed by atoms with van der Waals surface area (Å²) in [6.45, 7) is 3.56. The second-order valence-corrected chi connectivity index (χ2v) is 11.4. The lowest BCUT2D eigenvalue weighted by Gasteiger charge is -2.21. The summed E-state index contributed by atoms with van der Waals surface area (Å²) in [5.74, 6) is 0.465. The van der Waals surface area contributed by atoms with Crippen molar-refractivity contribution in [3.05, 3.63) is 99.9 Å². The minimum absolute atomic E-state index is 0.0835. The summed E-state index contributed by atoms with van der Waals surface area (Å²) in [5.41, 5.74) is -0.456. The molecule has 0 aliphatic carbocycles. The van der Waals surface area contributed by atoms with Gasteiger partial charge in [-0.15, -0.1) is 10.2 Å². The van der Waals surface area contributed by atoms with Gasteiger partial charge in [-0.1, -0.05) is 6.07 Å². The Morgan fingerprint density at radius 2 is 1.80 bits per heavy atom. The molecule has 1 atom stereocenters. The van der Waals surface area contributed by atoms with Crippen LogP contribution in [0.25, 0.3) is 22.8 Å². The minimum Gasteiger partial charge on any atom is -0.418 e. The van der Waals surface area contributed by atoms with E-state index >= 15 is 0 Å². The van der Waals surface area contributed by atoms with E-state index in [1.54, 1.807) is 37.3 Å². The quantitative estimate of drug-likeness (QED) is 0.263. The smallest absolute Gasteiger partial charge is 0.416 e. The first-order valence-corrected chi connectivity index (χ1v) is 13.7. The molecule has 0 radical (unpaired) electrons. The van der Waals surface area contributed by atoms with Crippen molar-refractivity contribution in [2.24, 2.45) is 0 Å². The van der Waals surface area contributed by atoms with Crippen molar-refractivity contribution in [1.82, 2.24) is 34.4 Å². The second kappa shape index (κ2) is 11.5. The maximum atomic E-state index is 14.0. The van der Waals surface area contributed by atoms with Crippen molar-refractivity contribution in [2.75, 3.05) is 21.1 Å². The van der Waals surface area contributed by atoms with E-state index < -0.39 is 29.5 Å². The Hall–Kier alpha value is -5.49. The fourth-order valence-electron chi connectivity index (χ4n) is 4.81. The molecule has 1 amide bonds. The number of quaternary nitrogens is 1. The zero-order valence-electron chi connectivity index (χ0n) is 25.0. The molecule has 0 saturated carbocycles. The molecule has 5 aromatic rings. The van der Waals surface area contributed by atoms with Gasteiger partial charge in [-0.05, 0) is 62.4 Å². The highest BCUT2D eigenvalue weighted by Gasteiger charge is 2.32. The molecule has 1 N–H and O–H groups in total. The third-order valence-corrected chi connectivity index (χ3v) is 6.85. The van der Waals surface area contributed by atoms with Gasteiger partial charge in [0.05, 0.1) is 67.3 Å². The summed E-state index contributed by atoms with van der Waals surface area (Å²) in [7, 11) is 5.84. The van der Waals surface area contributed by atoms with Gasteiger partial charge in [-0.25, -0.2) is 18.8 Å². The van der Waals surface area contributed by atoms with E-state index in [1.807, 2.05) is 27.2 Å². The van der Waals surface area contributed by atoms with Gasteiger partial charge >= 0.3 is 17.9 Å². The van der Waals surface area contributed by atoms with Crippen molar-refractivity contribution < 1.29 is 26.9 Å². The predicted molar refractivity (Wildman–Crippen MR) is 155 cm³/mol. The molecule has 0 spiro atoms. The van der Waals surface area contributed by atoms with Gasteiger partial charge in [0, 0.05) is 0 Å². The summed E-state index contributed by atoms with van der Waals surface area (Å²) in [5, 5.41) is 24.3. The molecule has 2 aromatic carbocycles. The Kier molecular flexibility index (Phi) is 7.94. The van der Waals surface area contributed by atoms with E-state index in [2.05, 4.69) is 20.6 Å². The van der Waals surface area contributed by atoms with E-state index in [4.69, 9.17) is 4.42 Å². The Balaban J connectivity index is 1.63. The lowest BCUT2D eigenvalue weighted by Crippen LogP contribution is -2.38. The maximum Gasteiger partial charge on any atom is 0.416 e. The van der Waals surface area contributed by atoms with Crippen LogP contribution in [0.2, 0.25) is 0 Å². The molecule has 0 bridgehead atoms. The fourth-order valence-corrected chi connectivity index (χ4v) is 4.81. The van der Waals surface area contributed by atoms with Crippen LogP contribution in [0.15, 0.2) is 70.0 Å². The second-order valence-electron chi connectivity index (χ2n) is 11.4. The van der Waals surface area contributed by atoms with Crippen LogP contribution >= 0.6 is 0 Å². The van der Waals surface area contributed by atoms with Crippen LogP contribution in [-0.4, -0.2) is 60.8 Å². The summed E-state index contributed by atoms with van der Waals surface area (Å²) < 4.78 is 50.4. The summed E-state index contributed by atoms with van der Waals surface area (Å²) in [6.07, 6.45) is -3.20. The predicted octanol–water partition coefficient (Wildman–Crippen LogP) is 4.60. The van der Waals surface area contributed by atoms with Crippen LogP contribution in [0.3, 0.4) is 0 Å². The van der Waals surface area contributed by atoms with Gasteiger partial charge in [0.2, 0.25) is 5.89 Å². The molecule has 0 unspecified atom stereocenters. The molecule has 232 valence electrons. The van der Waals surface area contributed by atoms with E-state index in [0.29, 0.717) is 33.9 Å². The van der Waals surface area contributed by atoms with Crippen molar-refractivity contribution in [3.63, 3.8) is 0 Å². The summed E-state index contributed by atoms with van der Waals surface area (Å²) >= 11 is 0. The topological polar surface area (TPSA) is 137 Å². The first kappa shape index (κ1) is 31.0. The molecule has 0 aliphatic heterocycles. The van der Waals surface area contributed by atoms with Crippen molar-refractivity contribution in [2.45, 2.75) is 32.6 Å². The number of nitrogens with zero attached hydrogens (tertiary/aromatic N) is 8. The summed E-state index contributed by atoms with van der Waals surface area (Å²) in [6, 6.07) is 12.6. The standard InChI is InChI=1S/C30H28F3N9O3/c1-18(27-38-37-25(45-27)17-42(3,4)5)36-28(43)40-26(24-13-14-35-41(24)22-11-9-20(16-34)10-12-22)19(2)39(29(40)44)23-8-6-7-21(15-23)30(31,32)33/h6-15,18H,17H2,1-5H3/p+1/t18-/m0/s1. The number of halogens is 3. The molecule has 0 fully saturated rings. The van der Waals surface area contributed by atoms with Crippen molar-refractivity contribution >= 4 is 6.03 Å². The summed E-state index contributed by atoms with van der Waals surface area (Å²) in [4.78, 5) is 27.8. The van der Waals surface area contributed by atoms with Crippen LogP contribution in [0.5, 0.6) is 0 Å². The number of nitriles is 1. The highest BCUT2D eigenvalue weighted by atomic mass is 19.4. The molecule has 45 heavy (non-hydrogen) atoms. The largest absolute Gasteiger partial charge is 0.418 e. The van der Waals surface area contributed by atoms with E-state index in [1.165, 1.54) is 29.9 Å². The molecule has 12 nitrogen and oxygen atoms in total. The zero-order valence-corrected chi connectivity index (χ0v) is 25.0. The fraction of sp³-hybridized carbons (Fsp3) is 0.267. The number of carbonyl (C=O) groups excluding carboxylic acids is 1.